The number of nitrogens with zero attached hydrogens (tertiary/aromatic N) is 2. The molecule has 1 unspecified atom stereocenters. The van der Waals surface area contributed by atoms with Gasteiger partial charge in [0, 0.05) is 36.7 Å². The molecule has 0 bridgehead atoms. The first-order chi connectivity index (χ1) is 17.8. The quantitative estimate of drug-likeness (QED) is 0.240. The highest BCUT2D eigenvalue weighted by Gasteiger charge is 2.31. The van der Waals surface area contributed by atoms with Crippen LogP contribution in [0.25, 0.3) is 0 Å². The number of methoxy groups -OCH3 is 1. The summed E-state index contributed by atoms with van der Waals surface area (Å²) in [5.41, 5.74) is 2.12. The van der Waals surface area contributed by atoms with Gasteiger partial charge in [-0.1, -0.05) is 17.5 Å². The van der Waals surface area contributed by atoms with Gasteiger partial charge in [-0.15, -0.1) is 6.42 Å². The summed E-state index contributed by atoms with van der Waals surface area (Å²) >= 11 is 6.22. The summed E-state index contributed by atoms with van der Waals surface area (Å²) in [4.78, 5) is 32.3. The van der Waals surface area contributed by atoms with Crippen LogP contribution in [0.15, 0.2) is 41.7 Å². The molecule has 0 saturated heterocycles. The number of terminal acetylenes is 1. The number of hydrogen-bond acceptors (Lipinski definition) is 6. The summed E-state index contributed by atoms with van der Waals surface area (Å²) < 4.78 is 31.3. The highest BCUT2D eigenvalue weighted by molar-refractivity contribution is 6.32. The van der Waals surface area contributed by atoms with E-state index in [4.69, 9.17) is 32.2 Å². The minimum absolute atomic E-state index is 0.0106. The zero-order valence-corrected chi connectivity index (χ0v) is 21.9. The fourth-order valence-corrected chi connectivity index (χ4v) is 4.17. The van der Waals surface area contributed by atoms with Crippen molar-refractivity contribution >= 4 is 29.2 Å². The Hall–Kier alpha value is -3.41. The van der Waals surface area contributed by atoms with Crippen LogP contribution in [0.4, 0.5) is 10.1 Å². The maximum atomic E-state index is 15.4. The molecule has 7 nitrogen and oxygen atoms in total. The van der Waals surface area contributed by atoms with Crippen LogP contribution in [0.2, 0.25) is 5.02 Å². The van der Waals surface area contributed by atoms with Crippen LogP contribution in [0, 0.1) is 25.1 Å². The molecule has 0 spiro atoms. The van der Waals surface area contributed by atoms with E-state index in [0.717, 1.165) is 18.1 Å². The fourth-order valence-electron chi connectivity index (χ4n) is 3.97. The lowest BCUT2D eigenvalue weighted by atomic mass is 9.90. The van der Waals surface area contributed by atoms with Crippen LogP contribution in [-0.2, 0) is 25.6 Å². The Morgan fingerprint density at radius 2 is 1.97 bits per heavy atom. The topological polar surface area (TPSA) is 78.0 Å². The molecule has 1 heterocycles. The van der Waals surface area contributed by atoms with Crippen molar-refractivity contribution < 1.29 is 28.2 Å². The maximum absolute atomic E-state index is 15.4. The molecule has 0 saturated carbocycles. The van der Waals surface area contributed by atoms with Gasteiger partial charge in [-0.3, -0.25) is 9.78 Å². The first-order valence-electron chi connectivity index (χ1n) is 12.0. The van der Waals surface area contributed by atoms with E-state index in [-0.39, 0.29) is 36.2 Å². The number of aryl methyl sites for hydroxylation is 1. The highest BCUT2D eigenvalue weighted by atomic mass is 35.5. The molecule has 2 aromatic rings. The van der Waals surface area contributed by atoms with Crippen molar-refractivity contribution in [2.24, 2.45) is 0 Å². The second-order valence-electron chi connectivity index (χ2n) is 8.65. The van der Waals surface area contributed by atoms with Crippen molar-refractivity contribution in [3.63, 3.8) is 0 Å². The Bertz CT molecular complexity index is 1220. The van der Waals surface area contributed by atoms with Gasteiger partial charge in [0.2, 0.25) is 0 Å². The second-order valence-corrected chi connectivity index (χ2v) is 9.05. The summed E-state index contributed by atoms with van der Waals surface area (Å²) in [6, 6.07) is 4.24. The molecule has 0 radical (unpaired) electrons. The SMILES string of the molecule is C#CC(C)Oc1cc(N(Cc2cnccc2C)C(=O)C2=C(C(=O)OCCOC)CCCC2)c(F)cc1Cl. The standard InChI is InChI=1S/C28H30ClFN2O5/c1-5-19(3)37-26-15-25(24(30)14-23(26)29)32(17-20-16-31-11-10-18(20)2)27(33)21-8-6-7-9-22(21)28(34)36-13-12-35-4/h1,10-11,14-16,19H,6-9,12-13,17H2,2-4H3. The molecule has 1 atom stereocenters. The number of hydrogen-bond donors (Lipinski definition) is 0. The Morgan fingerprint density at radius 1 is 1.24 bits per heavy atom. The van der Waals surface area contributed by atoms with Crippen LogP contribution in [0.1, 0.15) is 43.7 Å². The minimum Gasteiger partial charge on any atom is -0.476 e. The van der Waals surface area contributed by atoms with Crippen molar-refractivity contribution in [2.45, 2.75) is 52.2 Å². The zero-order valence-electron chi connectivity index (χ0n) is 21.2. The monoisotopic (exact) mass is 528 g/mol. The third kappa shape index (κ3) is 7.09. The summed E-state index contributed by atoms with van der Waals surface area (Å²) in [7, 11) is 1.50. The van der Waals surface area contributed by atoms with Crippen molar-refractivity contribution in [2.75, 3.05) is 25.2 Å². The van der Waals surface area contributed by atoms with E-state index < -0.39 is 23.8 Å². The van der Waals surface area contributed by atoms with E-state index >= 15 is 4.39 Å². The molecule has 0 aliphatic heterocycles. The Labute approximate surface area is 221 Å². The molecule has 3 rings (SSSR count). The molecule has 1 aliphatic carbocycles. The van der Waals surface area contributed by atoms with Gasteiger partial charge >= 0.3 is 5.97 Å². The van der Waals surface area contributed by atoms with Crippen molar-refractivity contribution in [1.82, 2.24) is 4.98 Å². The number of anilines is 1. The fraction of sp³-hybridized carbons (Fsp3) is 0.393. The van der Waals surface area contributed by atoms with Crippen molar-refractivity contribution in [3.05, 3.63) is 63.7 Å². The normalized spacial score (nSPS) is 14.1. The van der Waals surface area contributed by atoms with Gasteiger partial charge < -0.3 is 19.1 Å². The zero-order chi connectivity index (χ0) is 26.9. The first-order valence-corrected chi connectivity index (χ1v) is 12.4. The Balaban J connectivity index is 2.10. The molecule has 196 valence electrons. The average molecular weight is 529 g/mol. The van der Waals surface area contributed by atoms with E-state index in [0.29, 0.717) is 36.0 Å². The molecule has 0 N–H and O–H groups in total. The molecule has 9 heteroatoms. The predicted octanol–water partition coefficient (Wildman–Crippen LogP) is 5.18. The number of halogens is 2. The van der Waals surface area contributed by atoms with Crippen molar-refractivity contribution in [3.8, 4) is 18.1 Å². The Morgan fingerprint density at radius 3 is 2.65 bits per heavy atom. The lowest BCUT2D eigenvalue weighted by Crippen LogP contribution is -2.35. The van der Waals surface area contributed by atoms with Crippen molar-refractivity contribution in [1.29, 1.82) is 0 Å². The van der Waals surface area contributed by atoms with Gasteiger partial charge in [-0.2, -0.15) is 0 Å². The lowest BCUT2D eigenvalue weighted by Gasteiger charge is -2.28. The van der Waals surface area contributed by atoms with E-state index in [1.807, 2.05) is 6.92 Å². The predicted molar refractivity (Wildman–Crippen MR) is 139 cm³/mol. The summed E-state index contributed by atoms with van der Waals surface area (Å²) in [5.74, 6) is 0.783. The van der Waals surface area contributed by atoms with Crippen LogP contribution >= 0.6 is 11.6 Å². The lowest BCUT2D eigenvalue weighted by molar-refractivity contribution is -0.140. The van der Waals surface area contributed by atoms with Gasteiger partial charge in [0.05, 0.1) is 23.9 Å². The molecule has 0 fully saturated rings. The van der Waals surface area contributed by atoms with Gasteiger partial charge in [-0.25, -0.2) is 9.18 Å². The van der Waals surface area contributed by atoms with Gasteiger partial charge in [-0.05, 0) is 62.8 Å². The van der Waals surface area contributed by atoms with E-state index in [2.05, 4.69) is 10.9 Å². The van der Waals surface area contributed by atoms with E-state index in [1.54, 1.807) is 25.4 Å². The number of esters is 1. The summed E-state index contributed by atoms with van der Waals surface area (Å²) in [6.07, 6.45) is 10.3. The summed E-state index contributed by atoms with van der Waals surface area (Å²) in [5, 5.41) is 0.0209. The number of benzene rings is 1. The molecule has 1 aliphatic rings. The number of aromatic nitrogens is 1. The number of ether oxygens (including phenoxy) is 3. The third-order valence-corrected chi connectivity index (χ3v) is 6.34. The summed E-state index contributed by atoms with van der Waals surface area (Å²) in [6.45, 7) is 3.84. The number of carbonyl (C=O) groups is 2. The Kier molecular flexibility index (Phi) is 10.1. The molecule has 37 heavy (non-hydrogen) atoms. The highest BCUT2D eigenvalue weighted by Crippen LogP contribution is 2.36. The molecular weight excluding hydrogens is 499 g/mol. The van der Waals surface area contributed by atoms with Gasteiger partial charge in [0.25, 0.3) is 5.91 Å². The van der Waals surface area contributed by atoms with Gasteiger partial charge in [0.1, 0.15) is 18.2 Å². The molecule has 1 amide bonds. The smallest absolute Gasteiger partial charge is 0.334 e. The third-order valence-electron chi connectivity index (χ3n) is 6.04. The molecule has 1 aromatic carbocycles. The van der Waals surface area contributed by atoms with Crippen LogP contribution in [0.3, 0.4) is 0 Å². The first kappa shape index (κ1) is 28.2. The molecular formula is C28H30ClFN2O5. The van der Waals surface area contributed by atoms with Gasteiger partial charge in [0.15, 0.2) is 6.10 Å². The maximum Gasteiger partial charge on any atom is 0.334 e. The second kappa shape index (κ2) is 13.2. The number of rotatable bonds is 10. The van der Waals surface area contributed by atoms with Crippen LogP contribution in [0.5, 0.6) is 5.75 Å². The van der Waals surface area contributed by atoms with E-state index in [9.17, 15) is 9.59 Å². The molecule has 1 aromatic heterocycles. The van der Waals surface area contributed by atoms with Crippen LogP contribution < -0.4 is 9.64 Å². The average Bonchev–Trinajstić information content (AvgIpc) is 2.89. The minimum atomic E-state index is -0.721. The van der Waals surface area contributed by atoms with E-state index in [1.165, 1.54) is 18.1 Å². The largest absolute Gasteiger partial charge is 0.476 e. The van der Waals surface area contributed by atoms with Crippen LogP contribution in [-0.4, -0.2) is 43.3 Å². The number of carbonyl (C=O) groups excluding carboxylic acids is 2. The number of pyridine rings is 1. The number of amides is 1.